The van der Waals surface area contributed by atoms with Crippen LogP contribution >= 0.6 is 0 Å². The number of nitrogen functional groups attached to an aromatic ring is 1. The maximum absolute atomic E-state index is 5.53. The van der Waals surface area contributed by atoms with Gasteiger partial charge in [-0.25, -0.2) is 0 Å². The number of nitrogens with two attached hydrogens (primary N) is 1. The minimum atomic E-state index is 0.536. The molecule has 1 aromatic heterocycles. The van der Waals surface area contributed by atoms with Gasteiger partial charge in [-0.05, 0) is 12.1 Å². The van der Waals surface area contributed by atoms with E-state index in [4.69, 9.17) is 5.73 Å². The van der Waals surface area contributed by atoms with Gasteiger partial charge in [-0.15, -0.1) is 0 Å². The zero-order valence-electron chi connectivity index (χ0n) is 8.25. The molecule has 0 aliphatic rings. The van der Waals surface area contributed by atoms with Gasteiger partial charge in [0.2, 0.25) is 0 Å². The molecule has 3 heteroatoms. The molecule has 0 bridgehead atoms. The summed E-state index contributed by atoms with van der Waals surface area (Å²) in [4.78, 5) is 4.21. The van der Waals surface area contributed by atoms with Crippen molar-refractivity contribution in [2.45, 2.75) is 26.3 Å². The Hall–Kier alpha value is -1.09. The first-order valence-corrected chi connectivity index (χ1v) is 4.62. The molecule has 1 rings (SSSR count). The Labute approximate surface area is 79.4 Å². The van der Waals surface area contributed by atoms with E-state index in [1.54, 1.807) is 6.20 Å². The molecule has 0 aliphatic heterocycles. The lowest BCUT2D eigenvalue weighted by molar-refractivity contribution is 0.587. The Morgan fingerprint density at radius 2 is 2.23 bits per heavy atom. The Kier molecular flexibility index (Phi) is 3.71. The quantitative estimate of drug-likeness (QED) is 0.730. The molecule has 0 spiro atoms. The summed E-state index contributed by atoms with van der Waals surface area (Å²) in [5, 5.41) is 3.34. The van der Waals surface area contributed by atoms with Crippen LogP contribution < -0.4 is 11.1 Å². The second-order valence-corrected chi connectivity index (χ2v) is 3.44. The highest BCUT2D eigenvalue weighted by atomic mass is 14.9. The summed E-state index contributed by atoms with van der Waals surface area (Å²) in [6, 6.07) is 4.39. The van der Waals surface area contributed by atoms with E-state index < -0.39 is 0 Å². The molecule has 0 unspecified atom stereocenters. The number of aromatic nitrogens is 1. The fourth-order valence-corrected chi connectivity index (χ4v) is 1.07. The standard InChI is InChI=1S/C10H17N3/c1-8(2)12-6-5-10-4-3-9(11)7-13-10/h3-4,7-8,12H,5-6,11H2,1-2H3. The van der Waals surface area contributed by atoms with Crippen molar-refractivity contribution in [2.24, 2.45) is 0 Å². The Morgan fingerprint density at radius 1 is 1.46 bits per heavy atom. The Morgan fingerprint density at radius 3 is 2.77 bits per heavy atom. The lowest BCUT2D eigenvalue weighted by Crippen LogP contribution is -2.25. The van der Waals surface area contributed by atoms with Gasteiger partial charge in [0.1, 0.15) is 0 Å². The third-order valence-electron chi connectivity index (χ3n) is 1.78. The predicted molar refractivity (Wildman–Crippen MR) is 55.5 cm³/mol. The molecular weight excluding hydrogens is 162 g/mol. The molecule has 0 saturated heterocycles. The molecule has 0 radical (unpaired) electrons. The third-order valence-corrected chi connectivity index (χ3v) is 1.78. The maximum Gasteiger partial charge on any atom is 0.0501 e. The summed E-state index contributed by atoms with van der Waals surface area (Å²) in [7, 11) is 0. The fraction of sp³-hybridized carbons (Fsp3) is 0.500. The zero-order valence-corrected chi connectivity index (χ0v) is 8.25. The normalized spacial score (nSPS) is 10.7. The van der Waals surface area contributed by atoms with Crippen LogP contribution in [0.4, 0.5) is 5.69 Å². The Balaban J connectivity index is 2.33. The van der Waals surface area contributed by atoms with Crippen molar-refractivity contribution in [3.05, 3.63) is 24.0 Å². The molecular formula is C10H17N3. The lowest BCUT2D eigenvalue weighted by atomic mass is 10.2. The van der Waals surface area contributed by atoms with Crippen LogP contribution in [0.25, 0.3) is 0 Å². The second-order valence-electron chi connectivity index (χ2n) is 3.44. The van der Waals surface area contributed by atoms with Gasteiger partial charge >= 0.3 is 0 Å². The van der Waals surface area contributed by atoms with Gasteiger partial charge in [-0.2, -0.15) is 0 Å². The van der Waals surface area contributed by atoms with Crippen LogP contribution in [0.15, 0.2) is 18.3 Å². The van der Waals surface area contributed by atoms with E-state index in [-0.39, 0.29) is 0 Å². The molecule has 0 amide bonds. The highest BCUT2D eigenvalue weighted by Gasteiger charge is 1.95. The van der Waals surface area contributed by atoms with Crippen LogP contribution in [-0.4, -0.2) is 17.6 Å². The summed E-state index contributed by atoms with van der Waals surface area (Å²) < 4.78 is 0. The summed E-state index contributed by atoms with van der Waals surface area (Å²) in [5.74, 6) is 0. The second kappa shape index (κ2) is 4.82. The van der Waals surface area contributed by atoms with E-state index in [0.717, 1.165) is 24.3 Å². The average molecular weight is 179 g/mol. The maximum atomic E-state index is 5.53. The molecule has 3 N–H and O–H groups in total. The molecule has 1 heterocycles. The van der Waals surface area contributed by atoms with Crippen molar-refractivity contribution in [2.75, 3.05) is 12.3 Å². The molecule has 3 nitrogen and oxygen atoms in total. The average Bonchev–Trinajstić information content (AvgIpc) is 2.08. The smallest absolute Gasteiger partial charge is 0.0501 e. The van der Waals surface area contributed by atoms with Gasteiger partial charge in [-0.3, -0.25) is 4.98 Å². The zero-order chi connectivity index (χ0) is 9.68. The molecule has 0 fully saturated rings. The van der Waals surface area contributed by atoms with E-state index in [1.165, 1.54) is 0 Å². The van der Waals surface area contributed by atoms with Crippen LogP contribution in [0.3, 0.4) is 0 Å². The van der Waals surface area contributed by atoms with E-state index in [9.17, 15) is 0 Å². The van der Waals surface area contributed by atoms with Gasteiger partial charge in [-0.1, -0.05) is 13.8 Å². The first-order valence-electron chi connectivity index (χ1n) is 4.62. The molecule has 0 atom stereocenters. The molecule has 0 aromatic carbocycles. The minimum Gasteiger partial charge on any atom is -0.397 e. The Bertz CT molecular complexity index is 241. The largest absolute Gasteiger partial charge is 0.397 e. The van der Waals surface area contributed by atoms with Crippen LogP contribution in [0.5, 0.6) is 0 Å². The number of pyridine rings is 1. The van der Waals surface area contributed by atoms with Crippen molar-refractivity contribution in [3.8, 4) is 0 Å². The van der Waals surface area contributed by atoms with E-state index >= 15 is 0 Å². The summed E-state index contributed by atoms with van der Waals surface area (Å²) in [6.45, 7) is 5.24. The van der Waals surface area contributed by atoms with Crippen LogP contribution in [-0.2, 0) is 6.42 Å². The molecule has 72 valence electrons. The van der Waals surface area contributed by atoms with Gasteiger partial charge in [0.15, 0.2) is 0 Å². The van der Waals surface area contributed by atoms with Crippen molar-refractivity contribution in [1.82, 2.24) is 10.3 Å². The fourth-order valence-electron chi connectivity index (χ4n) is 1.07. The monoisotopic (exact) mass is 179 g/mol. The minimum absolute atomic E-state index is 0.536. The number of anilines is 1. The van der Waals surface area contributed by atoms with E-state index in [1.807, 2.05) is 12.1 Å². The molecule has 13 heavy (non-hydrogen) atoms. The predicted octanol–water partition coefficient (Wildman–Crippen LogP) is 1.20. The van der Waals surface area contributed by atoms with Crippen molar-refractivity contribution in [3.63, 3.8) is 0 Å². The van der Waals surface area contributed by atoms with Gasteiger partial charge < -0.3 is 11.1 Å². The van der Waals surface area contributed by atoms with Gasteiger partial charge in [0, 0.05) is 24.7 Å². The highest BCUT2D eigenvalue weighted by molar-refractivity contribution is 5.34. The lowest BCUT2D eigenvalue weighted by Gasteiger charge is -2.06. The van der Waals surface area contributed by atoms with E-state index in [2.05, 4.69) is 24.1 Å². The van der Waals surface area contributed by atoms with Crippen LogP contribution in [0.2, 0.25) is 0 Å². The number of hydrogen-bond acceptors (Lipinski definition) is 3. The van der Waals surface area contributed by atoms with Gasteiger partial charge in [0.05, 0.1) is 11.9 Å². The first kappa shape index (κ1) is 9.99. The summed E-state index contributed by atoms with van der Waals surface area (Å²) in [6.07, 6.45) is 2.66. The summed E-state index contributed by atoms with van der Waals surface area (Å²) in [5.41, 5.74) is 7.33. The van der Waals surface area contributed by atoms with Gasteiger partial charge in [0.25, 0.3) is 0 Å². The van der Waals surface area contributed by atoms with Crippen molar-refractivity contribution >= 4 is 5.69 Å². The number of nitrogens with zero attached hydrogens (tertiary/aromatic N) is 1. The number of nitrogens with one attached hydrogen (secondary N) is 1. The van der Waals surface area contributed by atoms with Crippen molar-refractivity contribution < 1.29 is 0 Å². The first-order chi connectivity index (χ1) is 6.18. The summed E-state index contributed by atoms with van der Waals surface area (Å²) >= 11 is 0. The van der Waals surface area contributed by atoms with Crippen LogP contribution in [0, 0.1) is 0 Å². The molecule has 1 aromatic rings. The van der Waals surface area contributed by atoms with Crippen molar-refractivity contribution in [1.29, 1.82) is 0 Å². The number of rotatable bonds is 4. The highest BCUT2D eigenvalue weighted by Crippen LogP contribution is 2.00. The van der Waals surface area contributed by atoms with Crippen LogP contribution in [0.1, 0.15) is 19.5 Å². The molecule has 0 aliphatic carbocycles. The van der Waals surface area contributed by atoms with E-state index in [0.29, 0.717) is 6.04 Å². The number of hydrogen-bond donors (Lipinski definition) is 2. The molecule has 0 saturated carbocycles. The third kappa shape index (κ3) is 3.90. The topological polar surface area (TPSA) is 50.9 Å². The SMILES string of the molecule is CC(C)NCCc1ccc(N)cn1.